The highest BCUT2D eigenvalue weighted by Gasteiger charge is 2.31. The van der Waals surface area contributed by atoms with Crippen LogP contribution < -0.4 is 0 Å². The number of esters is 1. The van der Waals surface area contributed by atoms with E-state index in [1.807, 2.05) is 0 Å². The molecule has 1 saturated carbocycles. The molecule has 11 heavy (non-hydrogen) atoms. The van der Waals surface area contributed by atoms with Gasteiger partial charge < -0.3 is 4.74 Å². The van der Waals surface area contributed by atoms with E-state index in [0.29, 0.717) is 19.4 Å². The summed E-state index contributed by atoms with van der Waals surface area (Å²) in [4.78, 5) is 22.0. The highest BCUT2D eigenvalue weighted by atomic mass is 16.5. The van der Waals surface area contributed by atoms with E-state index in [1.54, 1.807) is 6.92 Å². The quantitative estimate of drug-likeness (QED) is 0.441. The van der Waals surface area contributed by atoms with E-state index in [1.165, 1.54) is 0 Å². The zero-order valence-electron chi connectivity index (χ0n) is 6.63. The molecule has 62 valence electrons. The minimum Gasteiger partial charge on any atom is -0.465 e. The van der Waals surface area contributed by atoms with E-state index in [2.05, 4.69) is 0 Å². The van der Waals surface area contributed by atoms with Crippen molar-refractivity contribution in [1.29, 1.82) is 0 Å². The van der Waals surface area contributed by atoms with Gasteiger partial charge in [-0.2, -0.15) is 0 Å². The van der Waals surface area contributed by atoms with Crippen molar-refractivity contribution in [3.05, 3.63) is 0 Å². The second-order valence-corrected chi connectivity index (χ2v) is 2.66. The van der Waals surface area contributed by atoms with Crippen LogP contribution >= 0.6 is 0 Å². The highest BCUT2D eigenvalue weighted by Crippen LogP contribution is 2.22. The molecule has 1 atom stereocenters. The Hall–Kier alpha value is -0.860. The summed E-state index contributed by atoms with van der Waals surface area (Å²) in [5, 5.41) is 0. The smallest absolute Gasteiger partial charge is 0.316 e. The number of rotatable bonds is 2. The van der Waals surface area contributed by atoms with Gasteiger partial charge in [0.05, 0.1) is 6.61 Å². The Labute approximate surface area is 65.7 Å². The van der Waals surface area contributed by atoms with Gasteiger partial charge in [-0.05, 0) is 19.8 Å². The molecule has 0 saturated heterocycles. The predicted molar refractivity (Wildman–Crippen MR) is 39.0 cm³/mol. The van der Waals surface area contributed by atoms with Crippen LogP contribution in [-0.2, 0) is 14.3 Å². The van der Waals surface area contributed by atoms with Crippen LogP contribution in [0.4, 0.5) is 0 Å². The second-order valence-electron chi connectivity index (χ2n) is 2.66. The van der Waals surface area contributed by atoms with Crippen molar-refractivity contribution in [1.82, 2.24) is 0 Å². The summed E-state index contributed by atoms with van der Waals surface area (Å²) in [5.74, 6) is -0.742. The fourth-order valence-corrected chi connectivity index (χ4v) is 1.31. The molecule has 3 heteroatoms. The van der Waals surface area contributed by atoms with Crippen LogP contribution in [0.3, 0.4) is 0 Å². The van der Waals surface area contributed by atoms with Crippen LogP contribution in [0.5, 0.6) is 0 Å². The van der Waals surface area contributed by atoms with Gasteiger partial charge >= 0.3 is 5.97 Å². The minimum absolute atomic E-state index is 0.0449. The Balaban J connectivity index is 2.46. The molecule has 3 nitrogen and oxygen atoms in total. The second kappa shape index (κ2) is 3.51. The molecule has 0 aliphatic heterocycles. The maximum absolute atomic E-state index is 11.0. The maximum Gasteiger partial charge on any atom is 0.316 e. The van der Waals surface area contributed by atoms with Crippen molar-refractivity contribution < 1.29 is 14.3 Å². The third kappa shape index (κ3) is 1.79. The summed E-state index contributed by atoms with van der Waals surface area (Å²) in [5.41, 5.74) is 0. The van der Waals surface area contributed by atoms with Crippen molar-refractivity contribution in [3.8, 4) is 0 Å². The van der Waals surface area contributed by atoms with Crippen molar-refractivity contribution in [2.75, 3.05) is 6.61 Å². The lowest BCUT2D eigenvalue weighted by atomic mass is 10.1. The van der Waals surface area contributed by atoms with Crippen LogP contribution in [0.15, 0.2) is 0 Å². The lowest BCUT2D eigenvalue weighted by Gasteiger charge is -2.05. The predicted octanol–water partition coefficient (Wildman–Crippen LogP) is 0.919. The van der Waals surface area contributed by atoms with Gasteiger partial charge in [0.1, 0.15) is 11.7 Å². The molecule has 0 unspecified atom stereocenters. The van der Waals surface area contributed by atoms with Crippen LogP contribution in [0.25, 0.3) is 0 Å². The van der Waals surface area contributed by atoms with Crippen molar-refractivity contribution in [3.63, 3.8) is 0 Å². The van der Waals surface area contributed by atoms with Crippen molar-refractivity contribution in [2.45, 2.75) is 26.2 Å². The SMILES string of the molecule is CCOC(=O)[C@@H]1CCCC1=O. The molecule has 0 aromatic rings. The summed E-state index contributed by atoms with van der Waals surface area (Å²) in [6.45, 7) is 2.11. The Morgan fingerprint density at radius 2 is 2.45 bits per heavy atom. The Bertz CT molecular complexity index is 174. The highest BCUT2D eigenvalue weighted by molar-refractivity contribution is 6.00. The topological polar surface area (TPSA) is 43.4 Å². The largest absolute Gasteiger partial charge is 0.465 e. The third-order valence-corrected chi connectivity index (χ3v) is 1.88. The summed E-state index contributed by atoms with van der Waals surface area (Å²) in [7, 11) is 0. The number of hydrogen-bond donors (Lipinski definition) is 0. The van der Waals surface area contributed by atoms with Crippen LogP contribution in [0.1, 0.15) is 26.2 Å². The first-order valence-corrected chi connectivity index (χ1v) is 3.95. The molecule has 0 bridgehead atoms. The molecule has 0 aromatic carbocycles. The first-order valence-electron chi connectivity index (χ1n) is 3.95. The van der Waals surface area contributed by atoms with Crippen molar-refractivity contribution in [2.24, 2.45) is 5.92 Å². The standard InChI is InChI=1S/C8H12O3/c1-2-11-8(10)6-4-3-5-7(6)9/h6H,2-5H2,1H3/t6-/m1/s1. The van der Waals surface area contributed by atoms with E-state index < -0.39 is 5.92 Å². The van der Waals surface area contributed by atoms with Crippen LogP contribution in [-0.4, -0.2) is 18.4 Å². The van der Waals surface area contributed by atoms with Gasteiger partial charge in [0.2, 0.25) is 0 Å². The molecule has 1 rings (SSSR count). The first kappa shape index (κ1) is 8.24. The van der Waals surface area contributed by atoms with Crippen molar-refractivity contribution >= 4 is 11.8 Å². The number of hydrogen-bond acceptors (Lipinski definition) is 3. The Morgan fingerprint density at radius 1 is 1.73 bits per heavy atom. The molecular weight excluding hydrogens is 144 g/mol. The van der Waals surface area contributed by atoms with E-state index >= 15 is 0 Å². The summed E-state index contributed by atoms with van der Waals surface area (Å²) in [6, 6.07) is 0. The molecule has 0 N–H and O–H groups in total. The Morgan fingerprint density at radius 3 is 2.91 bits per heavy atom. The summed E-state index contributed by atoms with van der Waals surface area (Å²) >= 11 is 0. The number of Topliss-reactive ketones (excluding diaryl/α,β-unsaturated/α-hetero) is 1. The number of carbonyl (C=O) groups is 2. The summed E-state index contributed by atoms with van der Waals surface area (Å²) < 4.78 is 4.74. The van der Waals surface area contributed by atoms with Gasteiger partial charge in [-0.15, -0.1) is 0 Å². The van der Waals surface area contributed by atoms with Gasteiger partial charge in [0.25, 0.3) is 0 Å². The molecule has 0 amide bonds. The minimum atomic E-state index is -0.449. The molecule has 1 aliphatic rings. The van der Waals surface area contributed by atoms with E-state index in [9.17, 15) is 9.59 Å². The molecule has 0 radical (unpaired) electrons. The average molecular weight is 156 g/mol. The zero-order chi connectivity index (χ0) is 8.27. The lowest BCUT2D eigenvalue weighted by Crippen LogP contribution is -2.21. The van der Waals surface area contributed by atoms with E-state index in [-0.39, 0.29) is 11.8 Å². The number of carbonyl (C=O) groups excluding carboxylic acids is 2. The molecule has 0 aromatic heterocycles. The van der Waals surface area contributed by atoms with Gasteiger partial charge in [-0.1, -0.05) is 0 Å². The number of ketones is 1. The van der Waals surface area contributed by atoms with Crippen LogP contribution in [0, 0.1) is 5.92 Å². The third-order valence-electron chi connectivity index (χ3n) is 1.88. The number of ether oxygens (including phenoxy) is 1. The zero-order valence-corrected chi connectivity index (χ0v) is 6.63. The average Bonchev–Trinajstić information content (AvgIpc) is 2.36. The van der Waals surface area contributed by atoms with Gasteiger partial charge in [0, 0.05) is 6.42 Å². The molecule has 0 heterocycles. The fourth-order valence-electron chi connectivity index (χ4n) is 1.31. The Kier molecular flexibility index (Phi) is 2.63. The first-order chi connectivity index (χ1) is 5.25. The molecule has 1 aliphatic carbocycles. The van der Waals surface area contributed by atoms with Crippen LogP contribution in [0.2, 0.25) is 0 Å². The molecule has 0 spiro atoms. The lowest BCUT2D eigenvalue weighted by molar-refractivity contribution is -0.150. The van der Waals surface area contributed by atoms with E-state index in [4.69, 9.17) is 4.74 Å². The molecule has 1 fully saturated rings. The van der Waals surface area contributed by atoms with Gasteiger partial charge in [-0.3, -0.25) is 9.59 Å². The van der Waals surface area contributed by atoms with Gasteiger partial charge in [0.15, 0.2) is 0 Å². The van der Waals surface area contributed by atoms with Gasteiger partial charge in [-0.25, -0.2) is 0 Å². The monoisotopic (exact) mass is 156 g/mol. The maximum atomic E-state index is 11.0. The normalized spacial score (nSPS) is 23.7. The molecular formula is C8H12O3. The summed E-state index contributed by atoms with van der Waals surface area (Å²) in [6.07, 6.45) is 2.06. The van der Waals surface area contributed by atoms with E-state index in [0.717, 1.165) is 6.42 Å². The fraction of sp³-hybridized carbons (Fsp3) is 0.750.